The molecule has 1 fully saturated rings. The van der Waals surface area contributed by atoms with E-state index in [-0.39, 0.29) is 17.5 Å². The lowest BCUT2D eigenvalue weighted by Crippen LogP contribution is -2.55. The van der Waals surface area contributed by atoms with E-state index in [0.29, 0.717) is 30.2 Å². The monoisotopic (exact) mass is 455 g/mol. The average Bonchev–Trinajstić information content (AvgIpc) is 3.44. The van der Waals surface area contributed by atoms with Crippen LogP contribution in [-0.2, 0) is 6.54 Å². The second-order valence-electron chi connectivity index (χ2n) is 9.33. The van der Waals surface area contributed by atoms with Crippen molar-refractivity contribution >= 4 is 27.9 Å². The van der Waals surface area contributed by atoms with E-state index in [0.717, 1.165) is 47.7 Å². The molecule has 34 heavy (non-hydrogen) atoms. The van der Waals surface area contributed by atoms with Crippen LogP contribution in [0.1, 0.15) is 61.5 Å². The number of carbonyl (C=O) groups excluding carboxylic acids is 1. The minimum absolute atomic E-state index is 0.0640. The first-order valence-electron chi connectivity index (χ1n) is 11.9. The first-order chi connectivity index (χ1) is 16.5. The Bertz CT molecular complexity index is 1350. The summed E-state index contributed by atoms with van der Waals surface area (Å²) in [7, 11) is 0. The maximum Gasteiger partial charge on any atom is 0.290 e. The van der Waals surface area contributed by atoms with Crippen LogP contribution in [0.4, 0.5) is 0 Å². The standard InChI is InChI=1S/C27H29N5O2/c1-3-32(26(33)25-30-21-11-5-6-12-22(21)31-25)27(2)14-8-9-18(15-27)29-17-24-20(16-28)19-10-4-7-13-23(19)34-24/h4-7,10-13,18,29H,3,8-9,14-15,17H2,1-2H3,(H,30,31)/t18-,27+/m1/s1. The Morgan fingerprint density at radius 3 is 2.88 bits per heavy atom. The van der Waals surface area contributed by atoms with Crippen molar-refractivity contribution in [3.63, 3.8) is 0 Å². The van der Waals surface area contributed by atoms with Gasteiger partial charge in [-0.1, -0.05) is 24.3 Å². The van der Waals surface area contributed by atoms with Crippen LogP contribution in [0.15, 0.2) is 52.9 Å². The number of rotatable bonds is 6. The van der Waals surface area contributed by atoms with Crippen LogP contribution in [0.25, 0.3) is 22.0 Å². The molecule has 2 heterocycles. The van der Waals surface area contributed by atoms with E-state index in [1.165, 1.54) is 0 Å². The summed E-state index contributed by atoms with van der Waals surface area (Å²) in [6.45, 7) is 5.30. The van der Waals surface area contributed by atoms with E-state index < -0.39 is 0 Å². The fourth-order valence-corrected chi connectivity index (χ4v) is 5.42. The van der Waals surface area contributed by atoms with Crippen molar-refractivity contribution in [2.45, 2.75) is 57.7 Å². The molecule has 0 spiro atoms. The molecule has 4 aromatic rings. The van der Waals surface area contributed by atoms with Gasteiger partial charge in [0.1, 0.15) is 23.0 Å². The summed E-state index contributed by atoms with van der Waals surface area (Å²) in [6, 6.07) is 17.9. The van der Waals surface area contributed by atoms with Gasteiger partial charge in [-0.2, -0.15) is 5.26 Å². The van der Waals surface area contributed by atoms with Crippen LogP contribution in [0.5, 0.6) is 0 Å². The summed E-state index contributed by atoms with van der Waals surface area (Å²) in [5, 5.41) is 14.1. The smallest absolute Gasteiger partial charge is 0.290 e. The lowest BCUT2D eigenvalue weighted by molar-refractivity contribution is 0.0358. The third-order valence-corrected chi connectivity index (χ3v) is 7.09. The summed E-state index contributed by atoms with van der Waals surface area (Å²) in [6.07, 6.45) is 3.81. The van der Waals surface area contributed by atoms with Gasteiger partial charge >= 0.3 is 0 Å². The zero-order valence-electron chi connectivity index (χ0n) is 19.6. The number of imidazole rings is 1. The van der Waals surface area contributed by atoms with Gasteiger partial charge in [0.05, 0.1) is 17.6 Å². The molecule has 2 atom stereocenters. The molecule has 2 N–H and O–H groups in total. The maximum atomic E-state index is 13.5. The fraction of sp³-hybridized carbons (Fsp3) is 0.370. The highest BCUT2D eigenvalue weighted by molar-refractivity contribution is 5.94. The second-order valence-corrected chi connectivity index (χ2v) is 9.33. The van der Waals surface area contributed by atoms with E-state index in [4.69, 9.17) is 4.42 Å². The van der Waals surface area contributed by atoms with Crippen molar-refractivity contribution in [2.75, 3.05) is 6.54 Å². The van der Waals surface area contributed by atoms with Crippen molar-refractivity contribution in [1.29, 1.82) is 5.26 Å². The van der Waals surface area contributed by atoms with Gasteiger partial charge in [-0.15, -0.1) is 0 Å². The molecule has 1 saturated carbocycles. The number of amides is 1. The Morgan fingerprint density at radius 2 is 2.09 bits per heavy atom. The predicted octanol–water partition coefficient (Wildman–Crippen LogP) is 5.13. The van der Waals surface area contributed by atoms with E-state index in [1.54, 1.807) is 0 Å². The normalized spacial score (nSPS) is 20.4. The molecular formula is C27H29N5O2. The van der Waals surface area contributed by atoms with Crippen molar-refractivity contribution < 1.29 is 9.21 Å². The summed E-state index contributed by atoms with van der Waals surface area (Å²) in [4.78, 5) is 23.2. The Kier molecular flexibility index (Phi) is 5.84. The highest BCUT2D eigenvalue weighted by Crippen LogP contribution is 2.35. The molecule has 1 amide bonds. The summed E-state index contributed by atoms with van der Waals surface area (Å²) >= 11 is 0. The van der Waals surface area contributed by atoms with Crippen LogP contribution < -0.4 is 5.32 Å². The third kappa shape index (κ3) is 3.95. The van der Waals surface area contributed by atoms with Crippen molar-refractivity contribution in [3.8, 4) is 6.07 Å². The summed E-state index contributed by atoms with van der Waals surface area (Å²) < 4.78 is 5.96. The molecule has 5 rings (SSSR count). The lowest BCUT2D eigenvalue weighted by Gasteiger charge is -2.46. The van der Waals surface area contributed by atoms with E-state index in [2.05, 4.69) is 28.3 Å². The number of benzene rings is 2. The number of fused-ring (bicyclic) bond motifs is 2. The number of H-pyrrole nitrogens is 1. The highest BCUT2D eigenvalue weighted by Gasteiger charge is 2.40. The molecule has 0 bridgehead atoms. The number of hydrogen-bond acceptors (Lipinski definition) is 5. The van der Waals surface area contributed by atoms with Gasteiger partial charge in [0.2, 0.25) is 0 Å². The number of nitrogens with one attached hydrogen (secondary N) is 2. The molecule has 174 valence electrons. The molecule has 7 heteroatoms. The quantitative estimate of drug-likeness (QED) is 0.420. The number of hydrogen-bond donors (Lipinski definition) is 2. The molecule has 0 saturated heterocycles. The zero-order valence-corrected chi connectivity index (χ0v) is 19.6. The molecular weight excluding hydrogens is 426 g/mol. The van der Waals surface area contributed by atoms with E-state index in [9.17, 15) is 10.1 Å². The fourth-order valence-electron chi connectivity index (χ4n) is 5.42. The topological polar surface area (TPSA) is 97.9 Å². The van der Waals surface area contributed by atoms with Gasteiger partial charge in [-0.3, -0.25) is 4.79 Å². The summed E-state index contributed by atoms with van der Waals surface area (Å²) in [5.74, 6) is 0.993. The van der Waals surface area contributed by atoms with E-state index >= 15 is 0 Å². The Labute approximate surface area is 198 Å². The number of aromatic nitrogens is 2. The molecule has 0 aliphatic heterocycles. The number of furan rings is 1. The van der Waals surface area contributed by atoms with Crippen LogP contribution in [-0.4, -0.2) is 38.9 Å². The summed E-state index contributed by atoms with van der Waals surface area (Å²) in [5.41, 5.74) is 2.71. The number of carbonyl (C=O) groups is 1. The highest BCUT2D eigenvalue weighted by atomic mass is 16.3. The largest absolute Gasteiger partial charge is 0.458 e. The maximum absolute atomic E-state index is 13.5. The van der Waals surface area contributed by atoms with Gasteiger partial charge in [0, 0.05) is 23.5 Å². The molecule has 2 aromatic carbocycles. The lowest BCUT2D eigenvalue weighted by atomic mass is 9.78. The third-order valence-electron chi connectivity index (χ3n) is 7.09. The first kappa shape index (κ1) is 22.2. The molecule has 2 aromatic heterocycles. The average molecular weight is 456 g/mol. The van der Waals surface area contributed by atoms with Crippen molar-refractivity contribution in [2.24, 2.45) is 0 Å². The molecule has 1 aliphatic carbocycles. The van der Waals surface area contributed by atoms with Gasteiger partial charge in [-0.05, 0) is 63.8 Å². The molecule has 7 nitrogen and oxygen atoms in total. The van der Waals surface area contributed by atoms with Gasteiger partial charge in [0.25, 0.3) is 5.91 Å². The molecule has 0 radical (unpaired) electrons. The van der Waals surface area contributed by atoms with Crippen LogP contribution in [0, 0.1) is 11.3 Å². The molecule has 0 unspecified atom stereocenters. The van der Waals surface area contributed by atoms with Gasteiger partial charge < -0.3 is 19.6 Å². The van der Waals surface area contributed by atoms with Crippen molar-refractivity contribution in [3.05, 3.63) is 65.7 Å². The van der Waals surface area contributed by atoms with Crippen LogP contribution in [0.3, 0.4) is 0 Å². The van der Waals surface area contributed by atoms with Crippen LogP contribution in [0.2, 0.25) is 0 Å². The van der Waals surface area contributed by atoms with Gasteiger partial charge in [0.15, 0.2) is 5.82 Å². The van der Waals surface area contributed by atoms with Crippen molar-refractivity contribution in [1.82, 2.24) is 20.2 Å². The number of nitrogens with zero attached hydrogens (tertiary/aromatic N) is 3. The second kappa shape index (κ2) is 8.96. The SMILES string of the molecule is CCN(C(=O)c1nc2ccccc2[nH]1)[C@@]1(C)CCC[C@@H](NCc2oc3ccccc3c2C#N)C1. The van der Waals surface area contributed by atoms with Gasteiger partial charge in [-0.25, -0.2) is 4.98 Å². The Balaban J connectivity index is 1.32. The van der Waals surface area contributed by atoms with Crippen LogP contribution >= 0.6 is 0 Å². The number of para-hydroxylation sites is 3. The van der Waals surface area contributed by atoms with E-state index in [1.807, 2.05) is 60.4 Å². The molecule has 1 aliphatic rings. The minimum Gasteiger partial charge on any atom is -0.458 e. The predicted molar refractivity (Wildman–Crippen MR) is 131 cm³/mol. The zero-order chi connectivity index (χ0) is 23.7. The number of aromatic amines is 1. The minimum atomic E-state index is -0.285. The number of nitriles is 1. The Morgan fingerprint density at radius 1 is 1.29 bits per heavy atom. The Hall–Kier alpha value is -3.63. The first-order valence-corrected chi connectivity index (χ1v) is 11.9.